The first kappa shape index (κ1) is 19.6. The monoisotopic (exact) mass is 594 g/mol. The predicted molar refractivity (Wildman–Crippen MR) is 108 cm³/mol. The number of hydrogen-bond acceptors (Lipinski definition) is 5. The van der Waals surface area contributed by atoms with Crippen molar-refractivity contribution in [3.63, 3.8) is 0 Å². The van der Waals surface area contributed by atoms with Crippen molar-refractivity contribution < 1.29 is 18.3 Å². The van der Waals surface area contributed by atoms with Gasteiger partial charge in [-0.25, -0.2) is 0 Å². The molecule has 28 heavy (non-hydrogen) atoms. The number of likely N-dealkylation sites (N-methyl/N-ethyl adjacent to an activating group) is 1. The summed E-state index contributed by atoms with van der Waals surface area (Å²) in [5.74, 6) is -0.995. The van der Waals surface area contributed by atoms with Crippen molar-refractivity contribution in [2.75, 3.05) is 28.2 Å². The average molecular weight is 594 g/mol. The molecule has 9 heteroatoms. The Bertz CT molecular complexity index is 1100. The van der Waals surface area contributed by atoms with Crippen LogP contribution in [0.5, 0.6) is 0 Å². The van der Waals surface area contributed by atoms with Crippen LogP contribution in [0.25, 0.3) is 11.1 Å². The van der Waals surface area contributed by atoms with E-state index in [-0.39, 0.29) is 16.5 Å². The first-order valence-corrected chi connectivity index (χ1v) is 12.0. The van der Waals surface area contributed by atoms with Crippen molar-refractivity contribution in [2.45, 2.75) is 24.4 Å². The number of nitrogens with zero attached hydrogens (tertiary/aromatic N) is 3. The van der Waals surface area contributed by atoms with E-state index in [1.807, 2.05) is 26.1 Å². The fourth-order valence-corrected chi connectivity index (χ4v) is 7.43. The number of carboxylic acid groups (broad SMARTS) is 1. The van der Waals surface area contributed by atoms with Gasteiger partial charge in [-0.2, -0.15) is 0 Å². The van der Waals surface area contributed by atoms with Crippen molar-refractivity contribution in [3.05, 3.63) is 41.5 Å². The molecule has 1 atom stereocenters. The molecule has 2 aromatic rings. The van der Waals surface area contributed by atoms with Gasteiger partial charge < -0.3 is 0 Å². The topological polar surface area (TPSA) is 81.2 Å². The predicted octanol–water partition coefficient (Wildman–Crippen LogP) is 1.91. The molecular formula is C19H20N3O4PbS. The summed E-state index contributed by atoms with van der Waals surface area (Å²) in [4.78, 5) is 13.8. The zero-order valence-corrected chi connectivity index (χ0v) is 20.5. The molecule has 2 aliphatic heterocycles. The molecule has 145 valence electrons. The summed E-state index contributed by atoms with van der Waals surface area (Å²) in [6, 6.07) is 8.58. The Kier molecular flexibility index (Phi) is 4.70. The molecule has 0 amide bonds. The molecule has 0 saturated carbocycles. The summed E-state index contributed by atoms with van der Waals surface area (Å²) in [7, 11) is -0.0537. The van der Waals surface area contributed by atoms with Crippen LogP contribution in [-0.4, -0.2) is 76.5 Å². The fraction of sp³-hybridized carbons (Fsp3) is 0.316. The molecule has 0 fully saturated rings. The third kappa shape index (κ3) is 2.92. The van der Waals surface area contributed by atoms with Gasteiger partial charge in [0.1, 0.15) is 0 Å². The van der Waals surface area contributed by atoms with Crippen LogP contribution in [0, 0.1) is 0 Å². The van der Waals surface area contributed by atoms with Crippen LogP contribution in [0.3, 0.4) is 0 Å². The van der Waals surface area contributed by atoms with Crippen molar-refractivity contribution in [2.24, 2.45) is 0 Å². The standard InChI is InChI=1S/C19H20N3O4S.Pb/c1-11-9-20-16-8-17-15(7-18(16)27(25,26)22(11)3)14-6-12(19(23)24)4-5-13(14)10-21(17)2;/h4-8,11H,9-10H2,1-3H3,(H,23,24);/q-1;+1/t11-;/m1./s1. The number of hydrogen-bond donors (Lipinski definition) is 1. The van der Waals surface area contributed by atoms with Crippen LogP contribution >= 0.6 is 0 Å². The molecule has 2 aliphatic rings. The molecule has 0 unspecified atom stereocenters. The van der Waals surface area contributed by atoms with Crippen LogP contribution in [0.15, 0.2) is 35.2 Å². The summed E-state index contributed by atoms with van der Waals surface area (Å²) in [6.07, 6.45) is 0. The second kappa shape index (κ2) is 6.70. The number of anilines is 2. The molecule has 1 N–H and O–H groups in total. The fourth-order valence-electron chi connectivity index (χ4n) is 3.81. The summed E-state index contributed by atoms with van der Waals surface area (Å²) in [6.45, 7) is 3.21. The Morgan fingerprint density at radius 1 is 1.14 bits per heavy atom. The Balaban J connectivity index is 2.02. The normalized spacial score (nSPS) is 20.8. The first-order valence-electron chi connectivity index (χ1n) is 8.84. The van der Waals surface area contributed by atoms with Crippen LogP contribution < -0.4 is 7.61 Å². The van der Waals surface area contributed by atoms with E-state index in [1.165, 1.54) is 4.31 Å². The number of benzene rings is 2. The molecule has 4 rings (SSSR count). The average Bonchev–Trinajstić information content (AvgIpc) is 2.70. The van der Waals surface area contributed by atoms with Gasteiger partial charge in [-0.1, -0.05) is 0 Å². The summed E-state index contributed by atoms with van der Waals surface area (Å²) in [5.41, 5.74) is 4.36. The molecule has 0 aliphatic carbocycles. The van der Waals surface area contributed by atoms with E-state index >= 15 is 0 Å². The molecule has 0 aromatic heterocycles. The molecule has 3 radical (unpaired) electrons. The van der Waals surface area contributed by atoms with Gasteiger partial charge in [0.2, 0.25) is 0 Å². The number of fused-ring (bicyclic) bond motifs is 4. The first-order chi connectivity index (χ1) is 13.1. The quantitative estimate of drug-likeness (QED) is 0.510. The van der Waals surface area contributed by atoms with Crippen LogP contribution in [0.1, 0.15) is 22.8 Å². The molecule has 2 heterocycles. The Morgan fingerprint density at radius 3 is 2.54 bits per heavy atom. The van der Waals surface area contributed by atoms with Crippen molar-refractivity contribution in [1.29, 1.82) is 0 Å². The van der Waals surface area contributed by atoms with Gasteiger partial charge in [-0.3, -0.25) is 0 Å². The molecule has 0 saturated heterocycles. The van der Waals surface area contributed by atoms with E-state index < -0.39 is 16.0 Å². The zero-order valence-electron chi connectivity index (χ0n) is 15.8. The minimum absolute atomic E-state index is 0.129. The van der Waals surface area contributed by atoms with Crippen molar-refractivity contribution in [3.8, 4) is 11.1 Å². The van der Waals surface area contributed by atoms with Gasteiger partial charge in [0.05, 0.1) is 0 Å². The van der Waals surface area contributed by atoms with E-state index in [9.17, 15) is 18.3 Å². The van der Waals surface area contributed by atoms with Gasteiger partial charge in [0, 0.05) is 0 Å². The third-order valence-corrected chi connectivity index (χ3v) is 9.21. The number of rotatable bonds is 1. The summed E-state index contributed by atoms with van der Waals surface area (Å²) < 4.78 is 30.0. The summed E-state index contributed by atoms with van der Waals surface area (Å²) in [5, 5.41) is 9.38. The number of aromatic carboxylic acids is 1. The Labute approximate surface area is 180 Å². The second-order valence-corrected chi connectivity index (χ2v) is 11.4. The van der Waals surface area contributed by atoms with E-state index in [0.717, 1.165) is 28.1 Å². The second-order valence-electron chi connectivity index (χ2n) is 7.35. The van der Waals surface area contributed by atoms with Gasteiger partial charge in [-0.05, 0) is 0 Å². The van der Waals surface area contributed by atoms with E-state index in [2.05, 4.69) is 7.61 Å². The van der Waals surface area contributed by atoms with E-state index in [0.29, 0.717) is 39.2 Å². The Hall–Kier alpha value is -1.66. The van der Waals surface area contributed by atoms with Crippen molar-refractivity contribution >= 4 is 53.4 Å². The van der Waals surface area contributed by atoms with Gasteiger partial charge in [-0.15, -0.1) is 0 Å². The van der Waals surface area contributed by atoms with Crippen LogP contribution in [-0.2, 0) is 16.6 Å². The Morgan fingerprint density at radius 2 is 1.86 bits per heavy atom. The maximum atomic E-state index is 13.2. The zero-order chi connectivity index (χ0) is 20.4. The van der Waals surface area contributed by atoms with Crippen LogP contribution in [0.2, 0.25) is 0 Å². The molecule has 2 aromatic carbocycles. The number of carboxylic acids is 1. The third-order valence-electron chi connectivity index (χ3n) is 5.56. The van der Waals surface area contributed by atoms with Crippen LogP contribution in [0.4, 0.5) is 11.4 Å². The maximum absolute atomic E-state index is 13.2. The minimum atomic E-state index is -3.64. The van der Waals surface area contributed by atoms with Gasteiger partial charge in [0.15, 0.2) is 0 Å². The van der Waals surface area contributed by atoms with E-state index in [1.54, 1.807) is 25.2 Å². The molecule has 0 spiro atoms. The molecule has 0 bridgehead atoms. The molecular weight excluding hydrogens is 573 g/mol. The van der Waals surface area contributed by atoms with E-state index in [4.69, 9.17) is 0 Å². The number of sulfonamides is 1. The SMILES string of the molecule is C[C@@H]1C[N]([Pb])c2cc3c(cc2S(=O)(=O)N1C)-c1cc(C(=O)O)ccc1CN3C. The van der Waals surface area contributed by atoms with Gasteiger partial charge in [0.25, 0.3) is 0 Å². The summed E-state index contributed by atoms with van der Waals surface area (Å²) >= 11 is 0.703. The van der Waals surface area contributed by atoms with Crippen molar-refractivity contribution in [1.82, 2.24) is 4.31 Å². The molecule has 7 nitrogen and oxygen atoms in total. The van der Waals surface area contributed by atoms with Gasteiger partial charge >= 0.3 is 181 Å². The number of carbonyl (C=O) groups is 1.